The molecule has 4 atom stereocenters. The van der Waals surface area contributed by atoms with E-state index in [9.17, 15) is 4.79 Å². The van der Waals surface area contributed by atoms with Crippen LogP contribution in [0.5, 0.6) is 0 Å². The first-order valence-corrected chi connectivity index (χ1v) is 8.11. The molecule has 108 valence electrons. The third-order valence-corrected chi connectivity index (χ3v) is 5.89. The smallest absolute Gasteiger partial charge is 0.242 e. The normalized spacial score (nSPS) is 38.5. The molecule has 2 N–H and O–H groups in total. The number of piperidine rings is 1. The fourth-order valence-electron chi connectivity index (χ4n) is 4.33. The third-order valence-electron chi connectivity index (χ3n) is 5.89. The van der Waals surface area contributed by atoms with E-state index in [0.717, 1.165) is 37.6 Å². The molecule has 0 aromatic heterocycles. The van der Waals surface area contributed by atoms with Gasteiger partial charge in [0.25, 0.3) is 0 Å². The van der Waals surface area contributed by atoms with Crippen molar-refractivity contribution in [1.82, 2.24) is 4.90 Å². The van der Waals surface area contributed by atoms with Crippen molar-refractivity contribution >= 4 is 5.91 Å². The number of amides is 1. The van der Waals surface area contributed by atoms with Gasteiger partial charge in [-0.2, -0.15) is 0 Å². The summed E-state index contributed by atoms with van der Waals surface area (Å²) in [4.78, 5) is 15.0. The van der Waals surface area contributed by atoms with Crippen LogP contribution in [0.1, 0.15) is 58.8 Å². The summed E-state index contributed by atoms with van der Waals surface area (Å²) >= 11 is 0. The number of nitrogens with two attached hydrogens (primary N) is 1. The van der Waals surface area contributed by atoms with E-state index in [1.807, 2.05) is 6.92 Å². The van der Waals surface area contributed by atoms with Crippen LogP contribution in [0.2, 0.25) is 0 Å². The lowest BCUT2D eigenvalue weighted by molar-refractivity contribution is -0.145. The van der Waals surface area contributed by atoms with Crippen molar-refractivity contribution in [3.05, 3.63) is 0 Å². The Morgan fingerprint density at radius 3 is 2.53 bits per heavy atom. The fourth-order valence-corrected chi connectivity index (χ4v) is 4.33. The van der Waals surface area contributed by atoms with Crippen LogP contribution in [-0.2, 0) is 4.79 Å². The van der Waals surface area contributed by atoms with E-state index in [1.165, 1.54) is 25.7 Å². The molecule has 19 heavy (non-hydrogen) atoms. The Labute approximate surface area is 116 Å². The van der Waals surface area contributed by atoms with Crippen LogP contribution in [-0.4, -0.2) is 28.9 Å². The lowest BCUT2D eigenvalue weighted by Crippen LogP contribution is -2.61. The van der Waals surface area contributed by atoms with E-state index in [1.54, 1.807) is 0 Å². The third kappa shape index (κ3) is 2.31. The molecule has 3 aliphatic rings. The zero-order valence-electron chi connectivity index (χ0n) is 12.4. The monoisotopic (exact) mass is 264 g/mol. The molecule has 2 saturated carbocycles. The summed E-state index contributed by atoms with van der Waals surface area (Å²) in [6, 6.07) is 0.478. The highest BCUT2D eigenvalue weighted by Gasteiger charge is 2.49. The summed E-state index contributed by atoms with van der Waals surface area (Å²) < 4.78 is 0. The molecule has 3 nitrogen and oxygen atoms in total. The van der Waals surface area contributed by atoms with Crippen molar-refractivity contribution < 1.29 is 4.79 Å². The highest BCUT2D eigenvalue weighted by molar-refractivity contribution is 5.87. The second-order valence-electron chi connectivity index (χ2n) is 7.34. The van der Waals surface area contributed by atoms with Crippen LogP contribution >= 0.6 is 0 Å². The van der Waals surface area contributed by atoms with Gasteiger partial charge in [-0.1, -0.05) is 19.8 Å². The van der Waals surface area contributed by atoms with E-state index >= 15 is 0 Å². The molecule has 0 spiro atoms. The van der Waals surface area contributed by atoms with Gasteiger partial charge in [0, 0.05) is 12.6 Å². The summed E-state index contributed by atoms with van der Waals surface area (Å²) in [5, 5.41) is 0. The van der Waals surface area contributed by atoms with Crippen molar-refractivity contribution in [2.24, 2.45) is 23.5 Å². The molecule has 3 rings (SSSR count). The van der Waals surface area contributed by atoms with Crippen LogP contribution in [0, 0.1) is 17.8 Å². The minimum atomic E-state index is -0.609. The predicted octanol–water partition coefficient (Wildman–Crippen LogP) is 2.54. The molecule has 0 aromatic rings. The standard InChI is InChI=1S/C16H28N2O/c1-11-9-10-18(14-6-4-3-5-13(11)14)15(19)16(2,17)12-7-8-12/h11-14H,3-10,17H2,1-2H3. The van der Waals surface area contributed by atoms with E-state index in [4.69, 9.17) is 5.73 Å². The van der Waals surface area contributed by atoms with Gasteiger partial charge in [-0.15, -0.1) is 0 Å². The number of nitrogens with zero attached hydrogens (tertiary/aromatic N) is 1. The van der Waals surface area contributed by atoms with Crippen molar-refractivity contribution in [3.63, 3.8) is 0 Å². The topological polar surface area (TPSA) is 46.3 Å². The molecule has 0 bridgehead atoms. The Morgan fingerprint density at radius 2 is 1.84 bits per heavy atom. The van der Waals surface area contributed by atoms with Crippen LogP contribution in [0.4, 0.5) is 0 Å². The molecule has 1 saturated heterocycles. The number of hydrogen-bond acceptors (Lipinski definition) is 2. The lowest BCUT2D eigenvalue weighted by Gasteiger charge is -2.49. The first-order chi connectivity index (χ1) is 9.01. The molecule has 4 unspecified atom stereocenters. The van der Waals surface area contributed by atoms with Gasteiger partial charge in [0.2, 0.25) is 5.91 Å². The molecule has 3 fully saturated rings. The zero-order chi connectivity index (χ0) is 13.6. The Balaban J connectivity index is 1.77. The highest BCUT2D eigenvalue weighted by atomic mass is 16.2. The van der Waals surface area contributed by atoms with Crippen LogP contribution < -0.4 is 5.73 Å². The highest BCUT2D eigenvalue weighted by Crippen LogP contribution is 2.43. The number of fused-ring (bicyclic) bond motifs is 1. The summed E-state index contributed by atoms with van der Waals surface area (Å²) in [7, 11) is 0. The SMILES string of the molecule is CC1CCN(C(=O)C(C)(N)C2CC2)C2CCCCC12. The van der Waals surface area contributed by atoms with Crippen molar-refractivity contribution in [1.29, 1.82) is 0 Å². The van der Waals surface area contributed by atoms with Crippen molar-refractivity contribution in [2.75, 3.05) is 6.54 Å². The Hall–Kier alpha value is -0.570. The predicted molar refractivity (Wildman–Crippen MR) is 76.6 cm³/mol. The van der Waals surface area contributed by atoms with Crippen molar-refractivity contribution in [3.8, 4) is 0 Å². The summed E-state index contributed by atoms with van der Waals surface area (Å²) in [6.45, 7) is 5.26. The number of likely N-dealkylation sites (tertiary alicyclic amines) is 1. The first kappa shape index (κ1) is 13.4. The van der Waals surface area contributed by atoms with E-state index in [-0.39, 0.29) is 5.91 Å². The number of rotatable bonds is 2. The largest absolute Gasteiger partial charge is 0.338 e. The van der Waals surface area contributed by atoms with Crippen LogP contribution in [0.3, 0.4) is 0 Å². The average molecular weight is 264 g/mol. The van der Waals surface area contributed by atoms with E-state index in [0.29, 0.717) is 12.0 Å². The lowest BCUT2D eigenvalue weighted by atomic mass is 9.72. The molecule has 0 radical (unpaired) electrons. The molecule has 1 heterocycles. The van der Waals surface area contributed by atoms with Gasteiger partial charge in [-0.25, -0.2) is 0 Å². The number of carbonyl (C=O) groups is 1. The van der Waals surface area contributed by atoms with Gasteiger partial charge in [0.1, 0.15) is 0 Å². The molecule has 1 aliphatic heterocycles. The maximum atomic E-state index is 12.9. The maximum absolute atomic E-state index is 12.9. The van der Waals surface area contributed by atoms with Gasteiger partial charge in [-0.05, 0) is 56.8 Å². The van der Waals surface area contributed by atoms with Gasteiger partial charge < -0.3 is 10.6 Å². The molecule has 0 aromatic carbocycles. The summed E-state index contributed by atoms with van der Waals surface area (Å²) in [6.07, 6.45) is 8.56. The second-order valence-corrected chi connectivity index (χ2v) is 7.34. The van der Waals surface area contributed by atoms with Crippen molar-refractivity contribution in [2.45, 2.75) is 70.4 Å². The maximum Gasteiger partial charge on any atom is 0.242 e. The van der Waals surface area contributed by atoms with Gasteiger partial charge in [-0.3, -0.25) is 4.79 Å². The molecular formula is C16H28N2O. The molecule has 3 heteroatoms. The fraction of sp³-hybridized carbons (Fsp3) is 0.938. The van der Waals surface area contributed by atoms with Gasteiger partial charge in [0.15, 0.2) is 0 Å². The zero-order valence-corrected chi connectivity index (χ0v) is 12.4. The quantitative estimate of drug-likeness (QED) is 0.833. The molecular weight excluding hydrogens is 236 g/mol. The summed E-state index contributed by atoms with van der Waals surface area (Å²) in [5.74, 6) is 2.17. The summed E-state index contributed by atoms with van der Waals surface area (Å²) in [5.41, 5.74) is 5.75. The number of carbonyl (C=O) groups excluding carboxylic acids is 1. The van der Waals surface area contributed by atoms with E-state index in [2.05, 4.69) is 11.8 Å². The van der Waals surface area contributed by atoms with E-state index < -0.39 is 5.54 Å². The second kappa shape index (κ2) is 4.76. The molecule has 1 amide bonds. The van der Waals surface area contributed by atoms with Crippen LogP contribution in [0.25, 0.3) is 0 Å². The Kier molecular flexibility index (Phi) is 3.36. The Morgan fingerprint density at radius 1 is 1.16 bits per heavy atom. The average Bonchev–Trinajstić information content (AvgIpc) is 3.23. The number of hydrogen-bond donors (Lipinski definition) is 1. The minimum Gasteiger partial charge on any atom is -0.338 e. The van der Waals surface area contributed by atoms with Gasteiger partial charge in [0.05, 0.1) is 5.54 Å². The first-order valence-electron chi connectivity index (χ1n) is 8.11. The minimum absolute atomic E-state index is 0.235. The molecule has 2 aliphatic carbocycles. The van der Waals surface area contributed by atoms with Gasteiger partial charge >= 0.3 is 0 Å². The van der Waals surface area contributed by atoms with Crippen LogP contribution in [0.15, 0.2) is 0 Å². The Bertz CT molecular complexity index is 362.